The van der Waals surface area contributed by atoms with Crippen LogP contribution in [0.5, 0.6) is 0 Å². The number of allylic oxidation sites excluding steroid dienone is 4. The summed E-state index contributed by atoms with van der Waals surface area (Å²) in [7, 11) is -4.99. The average molecular weight is 472 g/mol. The van der Waals surface area contributed by atoms with Crippen molar-refractivity contribution in [2.45, 2.75) is 63.8 Å². The molecule has 0 aromatic rings. The highest BCUT2D eigenvalue weighted by molar-refractivity contribution is 7.46. The largest absolute Gasteiger partial charge is 0.469 e. The molecule has 0 saturated heterocycles. The summed E-state index contributed by atoms with van der Waals surface area (Å²) in [6.45, 7) is 3.90. The van der Waals surface area contributed by atoms with Gasteiger partial charge in [0.05, 0.1) is 12.7 Å². The van der Waals surface area contributed by atoms with Crippen molar-refractivity contribution in [2.24, 2.45) is 28.6 Å². The van der Waals surface area contributed by atoms with Crippen LogP contribution < -0.4 is 0 Å². The zero-order valence-electron chi connectivity index (χ0n) is 18.3. The van der Waals surface area contributed by atoms with E-state index >= 15 is 4.39 Å². The normalized spacial score (nSPS) is 48.6. The molecule has 4 aliphatic carbocycles. The van der Waals surface area contributed by atoms with Crippen LogP contribution in [0.25, 0.3) is 0 Å². The lowest BCUT2D eigenvalue weighted by Gasteiger charge is -2.66. The van der Waals surface area contributed by atoms with E-state index < -0.39 is 66.2 Å². The lowest BCUT2D eigenvalue weighted by atomic mass is 9.40. The van der Waals surface area contributed by atoms with Gasteiger partial charge >= 0.3 is 7.82 Å². The van der Waals surface area contributed by atoms with Crippen LogP contribution >= 0.6 is 7.82 Å². The van der Waals surface area contributed by atoms with Crippen LogP contribution in [0.15, 0.2) is 23.8 Å². The van der Waals surface area contributed by atoms with E-state index in [9.17, 15) is 34.2 Å². The molecule has 0 spiro atoms. The number of hydrogen-bond donors (Lipinski definition) is 4. The number of alkyl halides is 1. The SMILES string of the molecule is CC1C[C@H]2[C@@H]3CCC4=CC(=O)C=C[C@]4(C)[C@@]3(F)[C@@H](O)C[C@]2(C)C(O)(COP(=O)(O)O)C1=O. The fraction of sp³-hybridized carbons (Fsp3) is 0.727. The number of aliphatic hydroxyl groups excluding tert-OH is 1. The van der Waals surface area contributed by atoms with Gasteiger partial charge in [0.1, 0.15) is 0 Å². The Hall–Kier alpha value is -1.22. The molecule has 3 saturated carbocycles. The molecule has 0 amide bonds. The van der Waals surface area contributed by atoms with Gasteiger partial charge in [-0.2, -0.15) is 0 Å². The lowest BCUT2D eigenvalue weighted by molar-refractivity contribution is -0.254. The zero-order chi connectivity index (χ0) is 23.9. The molecule has 4 aliphatic rings. The molecule has 2 unspecified atom stereocenters. The van der Waals surface area contributed by atoms with E-state index in [-0.39, 0.29) is 18.6 Å². The van der Waals surface area contributed by atoms with Crippen LogP contribution in [0.1, 0.15) is 46.5 Å². The van der Waals surface area contributed by atoms with E-state index in [4.69, 9.17) is 0 Å². The van der Waals surface area contributed by atoms with Crippen LogP contribution in [0.3, 0.4) is 0 Å². The maximum absolute atomic E-state index is 17.1. The van der Waals surface area contributed by atoms with E-state index in [2.05, 4.69) is 4.52 Å². The highest BCUT2D eigenvalue weighted by Crippen LogP contribution is 2.68. The summed E-state index contributed by atoms with van der Waals surface area (Å²) in [5.41, 5.74) is -6.39. The van der Waals surface area contributed by atoms with Gasteiger partial charge in [0, 0.05) is 22.7 Å². The van der Waals surface area contributed by atoms with Crippen LogP contribution in [0.2, 0.25) is 0 Å². The molecule has 8 nitrogen and oxygen atoms in total. The van der Waals surface area contributed by atoms with Crippen LogP contribution in [-0.4, -0.2) is 55.5 Å². The topological polar surface area (TPSA) is 141 Å². The number of fused-ring (bicyclic) bond motifs is 5. The van der Waals surface area contributed by atoms with Gasteiger partial charge < -0.3 is 20.0 Å². The quantitative estimate of drug-likeness (QED) is 0.457. The van der Waals surface area contributed by atoms with Gasteiger partial charge in [0.15, 0.2) is 22.8 Å². The molecule has 0 aromatic heterocycles. The van der Waals surface area contributed by atoms with Gasteiger partial charge in [-0.25, -0.2) is 8.96 Å². The minimum absolute atomic E-state index is 0.226. The Bertz CT molecular complexity index is 973. The minimum atomic E-state index is -4.99. The Morgan fingerprint density at radius 2 is 1.91 bits per heavy atom. The Kier molecular flexibility index (Phi) is 5.34. The smallest absolute Gasteiger partial charge is 0.390 e. The summed E-state index contributed by atoms with van der Waals surface area (Å²) in [4.78, 5) is 43.3. The third kappa shape index (κ3) is 3.02. The second-order valence-electron chi connectivity index (χ2n) is 10.4. The maximum Gasteiger partial charge on any atom is 0.469 e. The van der Waals surface area contributed by atoms with E-state index in [1.807, 2.05) is 0 Å². The Labute approximate surface area is 185 Å². The molecule has 0 aliphatic heterocycles. The standard InChI is InChI=1S/C22H30FO8P/c1-12-8-16-15-5-4-13-9-14(24)6-7-19(13,2)22(15,23)17(25)10-20(16,3)21(27,18(12)26)11-31-32(28,29)30/h6-7,9,12,15-17,25,27H,4-5,8,10-11H2,1-3H3,(H2,28,29,30)/t12?,15-,16-,17-,19-,20-,21?,22-/m0/s1. The number of Topliss-reactive ketones (excluding diaryl/α,β-unsaturated/α-hetero) is 1. The Morgan fingerprint density at radius 1 is 1.25 bits per heavy atom. The van der Waals surface area contributed by atoms with E-state index in [0.29, 0.717) is 18.4 Å². The van der Waals surface area contributed by atoms with Crippen molar-refractivity contribution in [3.8, 4) is 0 Å². The third-order valence-electron chi connectivity index (χ3n) is 8.88. The molecular formula is C22H30FO8P. The second kappa shape index (κ2) is 7.14. The average Bonchev–Trinajstić information content (AvgIpc) is 2.69. The van der Waals surface area contributed by atoms with Crippen LogP contribution in [-0.2, 0) is 18.7 Å². The zero-order valence-corrected chi connectivity index (χ0v) is 19.2. The van der Waals surface area contributed by atoms with Gasteiger partial charge in [0.25, 0.3) is 0 Å². The number of rotatable bonds is 3. The van der Waals surface area contributed by atoms with Crippen LogP contribution in [0.4, 0.5) is 4.39 Å². The summed E-state index contributed by atoms with van der Waals surface area (Å²) in [5.74, 6) is -2.84. The van der Waals surface area contributed by atoms with Gasteiger partial charge in [-0.05, 0) is 50.7 Å². The number of aliphatic hydroxyl groups is 2. The Morgan fingerprint density at radius 3 is 2.53 bits per heavy atom. The molecule has 0 radical (unpaired) electrons. The molecule has 4 rings (SSSR count). The first-order valence-electron chi connectivity index (χ1n) is 10.9. The number of halogens is 1. The van der Waals surface area contributed by atoms with Gasteiger partial charge in [-0.1, -0.05) is 25.5 Å². The maximum atomic E-state index is 17.1. The highest BCUT2D eigenvalue weighted by Gasteiger charge is 2.74. The number of phosphoric ester groups is 1. The molecule has 0 aromatic carbocycles. The van der Waals surface area contributed by atoms with Crippen molar-refractivity contribution in [1.82, 2.24) is 0 Å². The van der Waals surface area contributed by atoms with Gasteiger partial charge in [-0.3, -0.25) is 14.1 Å². The predicted octanol–water partition coefficient (Wildman–Crippen LogP) is 2.01. The summed E-state index contributed by atoms with van der Waals surface area (Å²) < 4.78 is 33.0. The molecule has 3 fully saturated rings. The summed E-state index contributed by atoms with van der Waals surface area (Å²) in [6.07, 6.45) is 3.39. The van der Waals surface area contributed by atoms with Crippen LogP contribution in [0, 0.1) is 28.6 Å². The molecule has 32 heavy (non-hydrogen) atoms. The molecular weight excluding hydrogens is 442 g/mol. The number of phosphoric acid groups is 1. The molecule has 0 heterocycles. The first-order valence-corrected chi connectivity index (χ1v) is 12.4. The van der Waals surface area contributed by atoms with Crippen molar-refractivity contribution < 1.29 is 43.1 Å². The van der Waals surface area contributed by atoms with Crippen molar-refractivity contribution in [1.29, 1.82) is 0 Å². The van der Waals surface area contributed by atoms with E-state index in [0.717, 1.165) is 0 Å². The fourth-order valence-corrected chi connectivity index (χ4v) is 7.42. The third-order valence-corrected chi connectivity index (χ3v) is 9.35. The molecule has 10 heteroatoms. The van der Waals surface area contributed by atoms with E-state index in [1.165, 1.54) is 18.2 Å². The summed E-state index contributed by atoms with van der Waals surface area (Å²) in [6, 6.07) is 0. The first-order chi connectivity index (χ1) is 14.6. The van der Waals surface area contributed by atoms with Crippen molar-refractivity contribution in [3.63, 3.8) is 0 Å². The monoisotopic (exact) mass is 472 g/mol. The summed E-state index contributed by atoms with van der Waals surface area (Å²) in [5, 5.41) is 22.7. The molecule has 4 N–H and O–H groups in total. The lowest BCUT2D eigenvalue weighted by Crippen LogP contribution is -2.74. The summed E-state index contributed by atoms with van der Waals surface area (Å²) >= 11 is 0. The Balaban J connectivity index is 1.81. The minimum Gasteiger partial charge on any atom is -0.390 e. The number of carbonyl (C=O) groups excluding carboxylic acids is 2. The molecule has 0 bridgehead atoms. The van der Waals surface area contributed by atoms with Gasteiger partial charge in [0.2, 0.25) is 0 Å². The van der Waals surface area contributed by atoms with E-state index in [1.54, 1.807) is 20.8 Å². The fourth-order valence-electron chi connectivity index (χ4n) is 7.06. The first kappa shape index (κ1) is 23.9. The molecule has 8 atom stereocenters. The highest BCUT2D eigenvalue weighted by atomic mass is 31.2. The molecule has 178 valence electrons. The number of ketones is 2. The van der Waals surface area contributed by atoms with Crippen molar-refractivity contribution in [2.75, 3.05) is 6.61 Å². The predicted molar refractivity (Wildman–Crippen MR) is 111 cm³/mol. The number of carbonyl (C=O) groups is 2. The van der Waals surface area contributed by atoms with Gasteiger partial charge in [-0.15, -0.1) is 0 Å². The van der Waals surface area contributed by atoms with Crippen molar-refractivity contribution in [3.05, 3.63) is 23.8 Å². The second-order valence-corrected chi connectivity index (χ2v) is 11.6. The van der Waals surface area contributed by atoms with Crippen molar-refractivity contribution >= 4 is 19.4 Å². The number of hydrogen-bond acceptors (Lipinski definition) is 6.